The van der Waals surface area contributed by atoms with Gasteiger partial charge in [-0.2, -0.15) is 5.10 Å². The molecule has 0 unspecified atom stereocenters. The third-order valence-corrected chi connectivity index (χ3v) is 4.99. The van der Waals surface area contributed by atoms with Crippen LogP contribution in [-0.4, -0.2) is 26.3 Å². The molecule has 0 radical (unpaired) electrons. The maximum absolute atomic E-state index is 4.77. The Hall–Kier alpha value is -2.21. The molecule has 6 heteroatoms. The van der Waals surface area contributed by atoms with Gasteiger partial charge in [0.1, 0.15) is 5.82 Å². The molecular weight excluding hydrogens is 294 g/mol. The lowest BCUT2D eigenvalue weighted by atomic mass is 10.1. The normalized spacial score (nSPS) is 14.2. The zero-order chi connectivity index (χ0) is 15.1. The maximum atomic E-state index is 4.77. The first-order valence-corrected chi connectivity index (χ1v) is 8.24. The molecule has 0 fully saturated rings. The van der Waals surface area contributed by atoms with Crippen LogP contribution in [-0.2, 0) is 13.0 Å². The number of rotatable bonds is 2. The van der Waals surface area contributed by atoms with Gasteiger partial charge in [-0.1, -0.05) is 0 Å². The zero-order valence-corrected chi connectivity index (χ0v) is 13.5. The van der Waals surface area contributed by atoms with Crippen molar-refractivity contribution in [3.63, 3.8) is 0 Å². The molecule has 0 saturated carbocycles. The molecule has 0 spiro atoms. The van der Waals surface area contributed by atoms with E-state index in [0.29, 0.717) is 0 Å². The number of nitrogens with zero attached hydrogens (tertiary/aromatic N) is 5. The molecule has 3 aromatic heterocycles. The molecule has 4 heterocycles. The van der Waals surface area contributed by atoms with Crippen molar-refractivity contribution in [3.8, 4) is 5.82 Å². The molecule has 22 heavy (non-hydrogen) atoms. The van der Waals surface area contributed by atoms with E-state index < -0.39 is 0 Å². The number of anilines is 1. The number of thiophene rings is 1. The van der Waals surface area contributed by atoms with Crippen LogP contribution >= 0.6 is 11.3 Å². The molecule has 3 aromatic rings. The minimum atomic E-state index is 0.777. The SMILES string of the molecule is Cc1cc(C)n(-c2cncc(N3CCc4sccc4C3)n2)n1. The topological polar surface area (TPSA) is 46.8 Å². The van der Waals surface area contributed by atoms with Crippen molar-refractivity contribution in [1.82, 2.24) is 19.7 Å². The highest BCUT2D eigenvalue weighted by Crippen LogP contribution is 2.26. The highest BCUT2D eigenvalue weighted by Gasteiger charge is 2.19. The van der Waals surface area contributed by atoms with Crippen LogP contribution < -0.4 is 4.90 Å². The second kappa shape index (κ2) is 5.21. The number of hydrogen-bond acceptors (Lipinski definition) is 5. The Morgan fingerprint density at radius 2 is 2.05 bits per heavy atom. The molecule has 1 aliphatic heterocycles. The number of aryl methyl sites for hydroxylation is 2. The lowest BCUT2D eigenvalue weighted by Crippen LogP contribution is -2.30. The Morgan fingerprint density at radius 1 is 1.18 bits per heavy atom. The number of fused-ring (bicyclic) bond motifs is 1. The van der Waals surface area contributed by atoms with Gasteiger partial charge in [-0.15, -0.1) is 11.3 Å². The van der Waals surface area contributed by atoms with Crippen LogP contribution in [0.25, 0.3) is 5.82 Å². The van der Waals surface area contributed by atoms with Gasteiger partial charge in [0, 0.05) is 23.7 Å². The van der Waals surface area contributed by atoms with Gasteiger partial charge >= 0.3 is 0 Å². The van der Waals surface area contributed by atoms with E-state index >= 15 is 0 Å². The summed E-state index contributed by atoms with van der Waals surface area (Å²) in [6, 6.07) is 4.26. The van der Waals surface area contributed by atoms with Crippen LogP contribution in [0.5, 0.6) is 0 Å². The van der Waals surface area contributed by atoms with Crippen molar-refractivity contribution in [3.05, 3.63) is 51.7 Å². The molecule has 0 aromatic carbocycles. The van der Waals surface area contributed by atoms with Crippen LogP contribution in [0.1, 0.15) is 21.8 Å². The summed E-state index contributed by atoms with van der Waals surface area (Å²) in [5, 5.41) is 6.66. The Labute approximate surface area is 133 Å². The molecule has 0 amide bonds. The summed E-state index contributed by atoms with van der Waals surface area (Å²) in [6.07, 6.45) is 4.69. The van der Waals surface area contributed by atoms with Crippen molar-refractivity contribution < 1.29 is 0 Å². The van der Waals surface area contributed by atoms with Crippen LogP contribution in [0.4, 0.5) is 5.82 Å². The van der Waals surface area contributed by atoms with Gasteiger partial charge in [0.05, 0.1) is 18.1 Å². The first kappa shape index (κ1) is 13.5. The Morgan fingerprint density at radius 3 is 2.86 bits per heavy atom. The maximum Gasteiger partial charge on any atom is 0.174 e. The average Bonchev–Trinajstić information content (AvgIpc) is 3.12. The Kier molecular flexibility index (Phi) is 3.18. The third kappa shape index (κ3) is 2.29. The zero-order valence-electron chi connectivity index (χ0n) is 12.7. The first-order valence-electron chi connectivity index (χ1n) is 7.36. The fourth-order valence-electron chi connectivity index (χ4n) is 2.90. The highest BCUT2D eigenvalue weighted by molar-refractivity contribution is 7.10. The molecule has 0 atom stereocenters. The van der Waals surface area contributed by atoms with Gasteiger partial charge in [-0.25, -0.2) is 9.67 Å². The summed E-state index contributed by atoms with van der Waals surface area (Å²) < 4.78 is 1.85. The Balaban J connectivity index is 1.67. The fourth-order valence-corrected chi connectivity index (χ4v) is 3.79. The highest BCUT2D eigenvalue weighted by atomic mass is 32.1. The minimum Gasteiger partial charge on any atom is -0.351 e. The van der Waals surface area contributed by atoms with Crippen molar-refractivity contribution in [2.24, 2.45) is 0 Å². The van der Waals surface area contributed by atoms with E-state index in [4.69, 9.17) is 4.98 Å². The molecule has 0 bridgehead atoms. The molecule has 0 aliphatic carbocycles. The standard InChI is InChI=1S/C16H17N5S/c1-11-7-12(2)21(19-11)16-9-17-8-15(18-16)20-5-3-14-13(10-20)4-6-22-14/h4,6-9H,3,5,10H2,1-2H3. The van der Waals surface area contributed by atoms with E-state index in [1.54, 1.807) is 6.20 Å². The van der Waals surface area contributed by atoms with Gasteiger partial charge in [-0.3, -0.25) is 4.98 Å². The van der Waals surface area contributed by atoms with Crippen LogP contribution in [0.3, 0.4) is 0 Å². The molecule has 4 rings (SSSR count). The molecule has 112 valence electrons. The second-order valence-electron chi connectivity index (χ2n) is 5.61. The van der Waals surface area contributed by atoms with E-state index in [0.717, 1.165) is 42.5 Å². The lowest BCUT2D eigenvalue weighted by molar-refractivity contribution is 0.720. The number of hydrogen-bond donors (Lipinski definition) is 0. The number of aromatic nitrogens is 4. The summed E-state index contributed by atoms with van der Waals surface area (Å²) in [5.41, 5.74) is 3.47. The van der Waals surface area contributed by atoms with Gasteiger partial charge < -0.3 is 4.90 Å². The van der Waals surface area contributed by atoms with Crippen LogP contribution in [0, 0.1) is 13.8 Å². The quantitative estimate of drug-likeness (QED) is 0.730. The Bertz CT molecular complexity index is 820. The monoisotopic (exact) mass is 311 g/mol. The van der Waals surface area contributed by atoms with E-state index in [9.17, 15) is 0 Å². The second-order valence-corrected chi connectivity index (χ2v) is 6.62. The summed E-state index contributed by atoms with van der Waals surface area (Å²) in [5.74, 6) is 1.70. The van der Waals surface area contributed by atoms with Crippen LogP contribution in [0.15, 0.2) is 29.9 Å². The van der Waals surface area contributed by atoms with E-state index in [1.807, 2.05) is 42.1 Å². The van der Waals surface area contributed by atoms with E-state index in [2.05, 4.69) is 26.4 Å². The minimum absolute atomic E-state index is 0.777. The third-order valence-electron chi connectivity index (χ3n) is 3.97. The predicted octanol–water partition coefficient (Wildman–Crippen LogP) is 2.90. The van der Waals surface area contributed by atoms with Crippen molar-refractivity contribution in [2.45, 2.75) is 26.8 Å². The van der Waals surface area contributed by atoms with Gasteiger partial charge in [0.15, 0.2) is 5.82 Å². The van der Waals surface area contributed by atoms with Gasteiger partial charge in [-0.05, 0) is 43.3 Å². The van der Waals surface area contributed by atoms with Crippen LogP contribution in [0.2, 0.25) is 0 Å². The molecule has 0 saturated heterocycles. The molecule has 0 N–H and O–H groups in total. The smallest absolute Gasteiger partial charge is 0.174 e. The summed E-state index contributed by atoms with van der Waals surface area (Å²) >= 11 is 1.85. The van der Waals surface area contributed by atoms with E-state index in [1.165, 1.54) is 10.4 Å². The lowest BCUT2D eigenvalue weighted by Gasteiger charge is -2.27. The molecule has 5 nitrogen and oxygen atoms in total. The summed E-state index contributed by atoms with van der Waals surface area (Å²) in [6.45, 7) is 5.92. The molecule has 1 aliphatic rings. The summed E-state index contributed by atoms with van der Waals surface area (Å²) in [4.78, 5) is 12.9. The largest absolute Gasteiger partial charge is 0.351 e. The van der Waals surface area contributed by atoms with Crippen molar-refractivity contribution in [2.75, 3.05) is 11.4 Å². The van der Waals surface area contributed by atoms with Crippen molar-refractivity contribution >= 4 is 17.2 Å². The first-order chi connectivity index (χ1) is 10.7. The average molecular weight is 311 g/mol. The predicted molar refractivity (Wildman–Crippen MR) is 87.7 cm³/mol. The summed E-state index contributed by atoms with van der Waals surface area (Å²) in [7, 11) is 0. The van der Waals surface area contributed by atoms with E-state index in [-0.39, 0.29) is 0 Å². The van der Waals surface area contributed by atoms with Crippen molar-refractivity contribution in [1.29, 1.82) is 0 Å². The van der Waals surface area contributed by atoms with Gasteiger partial charge in [0.2, 0.25) is 0 Å². The molecular formula is C16H17N5S. The van der Waals surface area contributed by atoms with Gasteiger partial charge in [0.25, 0.3) is 0 Å². The fraction of sp³-hybridized carbons (Fsp3) is 0.312.